The molecule has 41 heavy (non-hydrogen) atoms. The van der Waals surface area contributed by atoms with Crippen LogP contribution in [0.15, 0.2) is 16.7 Å². The van der Waals surface area contributed by atoms with Gasteiger partial charge in [0.1, 0.15) is 23.0 Å². The number of nitrogens with zero attached hydrogens (tertiary/aromatic N) is 6. The maximum atomic E-state index is 9.91. The summed E-state index contributed by atoms with van der Waals surface area (Å²) in [6.45, 7) is 8.08. The van der Waals surface area contributed by atoms with Crippen molar-refractivity contribution in [1.29, 1.82) is 5.26 Å². The molecule has 3 atom stereocenters. The number of thiophene rings is 1. The van der Waals surface area contributed by atoms with Crippen LogP contribution in [0, 0.1) is 11.3 Å². The minimum atomic E-state index is -0.468. The Hall–Kier alpha value is -3.20. The Labute approximate surface area is 244 Å². The fourth-order valence-electron chi connectivity index (χ4n) is 7.17. The molecule has 1 saturated carbocycles. The Morgan fingerprint density at radius 2 is 2.10 bits per heavy atom. The number of piperazine rings is 1. The quantitative estimate of drug-likeness (QED) is 0.444. The summed E-state index contributed by atoms with van der Waals surface area (Å²) in [5.74, 6) is 2.38. The van der Waals surface area contributed by atoms with Crippen molar-refractivity contribution >= 4 is 22.2 Å². The number of hydrogen-bond acceptors (Lipinski definition) is 11. The average molecular weight is 575 g/mol. The van der Waals surface area contributed by atoms with Crippen LogP contribution in [0.3, 0.4) is 0 Å². The number of nitrogen functional groups attached to an aromatic ring is 1. The normalized spacial score (nSPS) is 26.1. The number of hydrogen-bond donors (Lipinski definition) is 2. The fourth-order valence-corrected chi connectivity index (χ4v) is 8.36. The molecule has 5 heterocycles. The molecule has 10 nitrogen and oxygen atoms in total. The van der Waals surface area contributed by atoms with Gasteiger partial charge in [0.25, 0.3) is 0 Å². The minimum Gasteiger partial charge on any atom is -0.473 e. The Balaban J connectivity index is 1.25. The molecule has 0 radical (unpaired) electrons. The lowest BCUT2D eigenvalue weighted by Gasteiger charge is -2.35. The van der Waals surface area contributed by atoms with Crippen molar-refractivity contribution in [3.63, 3.8) is 0 Å². The molecule has 1 spiro atoms. The van der Waals surface area contributed by atoms with Crippen molar-refractivity contribution in [2.24, 2.45) is 0 Å². The highest BCUT2D eigenvalue weighted by Gasteiger charge is 2.46. The van der Waals surface area contributed by atoms with E-state index in [0.29, 0.717) is 34.1 Å². The largest absolute Gasteiger partial charge is 0.473 e. The van der Waals surface area contributed by atoms with Crippen molar-refractivity contribution in [3.8, 4) is 23.5 Å². The Bertz CT molecular complexity index is 1510. The molecule has 11 heteroatoms. The second-order valence-corrected chi connectivity index (χ2v) is 13.7. The fraction of sp³-hybridized carbons (Fsp3) is 0.600. The predicted octanol–water partition coefficient (Wildman–Crippen LogP) is 4.09. The van der Waals surface area contributed by atoms with Gasteiger partial charge >= 0.3 is 0 Å². The van der Waals surface area contributed by atoms with Gasteiger partial charge in [-0.3, -0.25) is 4.90 Å². The third kappa shape index (κ3) is 4.66. The van der Waals surface area contributed by atoms with Crippen LogP contribution in [0.4, 0.5) is 10.8 Å². The number of ether oxygens (including phenoxy) is 1. The molecule has 3 aromatic heterocycles. The van der Waals surface area contributed by atoms with Crippen LogP contribution in [-0.2, 0) is 11.8 Å². The van der Waals surface area contributed by atoms with Gasteiger partial charge in [0, 0.05) is 53.6 Å². The summed E-state index contributed by atoms with van der Waals surface area (Å²) in [7, 11) is 2.16. The van der Waals surface area contributed by atoms with Crippen LogP contribution in [-0.4, -0.2) is 70.9 Å². The molecular weight excluding hydrogens is 536 g/mol. The van der Waals surface area contributed by atoms with E-state index in [-0.39, 0.29) is 11.6 Å². The number of aromatic nitrogens is 3. The molecule has 3 aromatic rings. The van der Waals surface area contributed by atoms with Crippen molar-refractivity contribution in [2.45, 2.75) is 81.9 Å². The summed E-state index contributed by atoms with van der Waals surface area (Å²) in [6, 6.07) is 6.63. The number of likely N-dealkylation sites (N-methyl/N-ethyl adjacent to an activating group) is 1. The molecule has 2 aliphatic carbocycles. The van der Waals surface area contributed by atoms with E-state index >= 15 is 0 Å². The third-order valence-electron chi connectivity index (χ3n) is 9.72. The number of likely N-dealkylation sites (tertiary alicyclic amines) is 1. The molecule has 4 aliphatic rings. The molecule has 0 bridgehead atoms. The summed E-state index contributed by atoms with van der Waals surface area (Å²) < 4.78 is 12.5. The van der Waals surface area contributed by atoms with Crippen LogP contribution >= 0.6 is 11.3 Å². The first-order valence-electron chi connectivity index (χ1n) is 14.8. The number of rotatable bonds is 6. The van der Waals surface area contributed by atoms with E-state index < -0.39 is 5.41 Å². The van der Waals surface area contributed by atoms with Crippen LogP contribution in [0.1, 0.15) is 74.1 Å². The van der Waals surface area contributed by atoms with Gasteiger partial charge in [0.2, 0.25) is 17.5 Å². The highest BCUT2D eigenvalue weighted by atomic mass is 32.1. The summed E-state index contributed by atoms with van der Waals surface area (Å²) in [5, 5.41) is 18.7. The molecule has 2 aliphatic heterocycles. The first-order chi connectivity index (χ1) is 19.8. The summed E-state index contributed by atoms with van der Waals surface area (Å²) in [5.41, 5.74) is 8.34. The molecule has 2 saturated heterocycles. The molecule has 3 N–H and O–H groups in total. The van der Waals surface area contributed by atoms with Gasteiger partial charge in [-0.2, -0.15) is 10.2 Å². The van der Waals surface area contributed by atoms with E-state index in [4.69, 9.17) is 25.0 Å². The van der Waals surface area contributed by atoms with Crippen molar-refractivity contribution in [3.05, 3.63) is 33.8 Å². The van der Waals surface area contributed by atoms with Gasteiger partial charge in [-0.25, -0.2) is 4.98 Å². The van der Waals surface area contributed by atoms with Gasteiger partial charge in [-0.05, 0) is 77.9 Å². The number of nitriles is 1. The van der Waals surface area contributed by atoms with Gasteiger partial charge in [0.05, 0.1) is 11.3 Å². The number of nitrogens with two attached hydrogens (primary N) is 1. The zero-order chi connectivity index (χ0) is 28.4. The van der Waals surface area contributed by atoms with Gasteiger partial charge in [-0.15, -0.1) is 11.3 Å². The van der Waals surface area contributed by atoms with Crippen LogP contribution < -0.4 is 20.7 Å². The van der Waals surface area contributed by atoms with E-state index in [0.717, 1.165) is 68.9 Å². The maximum Gasteiger partial charge on any atom is 0.219 e. The summed E-state index contributed by atoms with van der Waals surface area (Å²) in [4.78, 5) is 15.7. The van der Waals surface area contributed by atoms with Gasteiger partial charge in [-0.1, -0.05) is 5.16 Å². The molecule has 0 aromatic carbocycles. The summed E-state index contributed by atoms with van der Waals surface area (Å²) in [6.07, 6.45) is 7.47. The SMILES string of the molecule is C[C@H](Oc1cc(N2CCNC3(CC3)C2)nc(-c2cc([C@@]3(C)CCCc4sc(N)c(C#N)c43)no2)n1)[C@@H]1CCCN1C. The lowest BCUT2D eigenvalue weighted by Crippen LogP contribution is -2.52. The number of nitrogens with one attached hydrogen (secondary N) is 1. The van der Waals surface area contributed by atoms with E-state index in [1.807, 2.05) is 12.1 Å². The van der Waals surface area contributed by atoms with Crippen molar-refractivity contribution in [2.75, 3.05) is 43.9 Å². The van der Waals surface area contributed by atoms with Crippen LogP contribution in [0.2, 0.25) is 0 Å². The van der Waals surface area contributed by atoms with E-state index in [2.05, 4.69) is 47.2 Å². The Morgan fingerprint density at radius 3 is 2.85 bits per heavy atom. The number of fused-ring (bicyclic) bond motifs is 1. The monoisotopic (exact) mass is 574 g/mol. The van der Waals surface area contributed by atoms with Gasteiger partial charge < -0.3 is 25.2 Å². The first-order valence-corrected chi connectivity index (χ1v) is 15.7. The second-order valence-electron chi connectivity index (χ2n) is 12.5. The van der Waals surface area contributed by atoms with Gasteiger partial charge in [0.15, 0.2) is 0 Å². The number of aryl methyl sites for hydroxylation is 1. The van der Waals surface area contributed by atoms with Crippen molar-refractivity contribution in [1.82, 2.24) is 25.3 Å². The molecule has 7 rings (SSSR count). The smallest absolute Gasteiger partial charge is 0.219 e. The van der Waals surface area contributed by atoms with Crippen LogP contribution in [0.5, 0.6) is 5.88 Å². The molecule has 216 valence electrons. The number of anilines is 2. The second kappa shape index (κ2) is 9.96. The van der Waals surface area contributed by atoms with E-state index in [9.17, 15) is 5.26 Å². The van der Waals surface area contributed by atoms with E-state index in [1.54, 1.807) is 0 Å². The highest BCUT2D eigenvalue weighted by Crippen LogP contribution is 2.49. The van der Waals surface area contributed by atoms with Crippen molar-refractivity contribution < 1.29 is 9.26 Å². The lowest BCUT2D eigenvalue weighted by molar-refractivity contribution is 0.117. The zero-order valence-corrected chi connectivity index (χ0v) is 24.9. The summed E-state index contributed by atoms with van der Waals surface area (Å²) >= 11 is 1.52. The first kappa shape index (κ1) is 26.7. The minimum absolute atomic E-state index is 0.00536. The average Bonchev–Trinajstić information content (AvgIpc) is 3.32. The molecule has 3 fully saturated rings. The standard InChI is InChI=1S/C30H38N8O2S/c1-18(20-6-5-12-37(20)3)39-25-15-24(38-13-11-33-30(17-38)9-10-30)34-28(35-25)21-14-23(36-40-21)29(2)8-4-7-22-26(29)19(16-31)27(32)41-22/h14-15,18,20,33H,4-13,17,32H2,1-3H3/t18-,20-,29+/m0/s1. The maximum absolute atomic E-state index is 9.91. The molecular formula is C30H38N8O2S. The van der Waals surface area contributed by atoms with E-state index in [1.165, 1.54) is 35.5 Å². The third-order valence-corrected chi connectivity index (χ3v) is 10.8. The van der Waals surface area contributed by atoms with Crippen LogP contribution in [0.25, 0.3) is 11.6 Å². The zero-order valence-electron chi connectivity index (χ0n) is 24.1. The lowest BCUT2D eigenvalue weighted by atomic mass is 9.70. The molecule has 0 unspecified atom stereocenters. The Kier molecular flexibility index (Phi) is 6.48. The predicted molar refractivity (Wildman–Crippen MR) is 158 cm³/mol. The Morgan fingerprint density at radius 1 is 1.24 bits per heavy atom. The topological polar surface area (TPSA) is 129 Å². The molecule has 0 amide bonds. The highest BCUT2D eigenvalue weighted by molar-refractivity contribution is 7.16.